The number of hydrogen-bond acceptors (Lipinski definition) is 2. The molecule has 0 radical (unpaired) electrons. The molecule has 16 heavy (non-hydrogen) atoms. The third-order valence-corrected chi connectivity index (χ3v) is 2.61. The summed E-state index contributed by atoms with van der Waals surface area (Å²) in [4.78, 5) is 0. The molecule has 0 aliphatic rings. The second-order valence-corrected chi connectivity index (χ2v) is 4.05. The lowest BCUT2D eigenvalue weighted by molar-refractivity contribution is 0.811. The SMILES string of the molecule is CNCc1ccc(-n2ccc(C)n2)c(C)c1. The molecule has 0 aliphatic heterocycles. The second-order valence-electron chi connectivity index (χ2n) is 4.05. The summed E-state index contributed by atoms with van der Waals surface area (Å²) in [6, 6.07) is 8.47. The fraction of sp³-hybridized carbons (Fsp3) is 0.308. The first-order valence-corrected chi connectivity index (χ1v) is 5.47. The first-order valence-electron chi connectivity index (χ1n) is 5.47. The first-order chi connectivity index (χ1) is 7.70. The fourth-order valence-corrected chi connectivity index (χ4v) is 1.84. The van der Waals surface area contributed by atoms with Gasteiger partial charge < -0.3 is 5.32 Å². The Hall–Kier alpha value is -1.61. The van der Waals surface area contributed by atoms with Gasteiger partial charge in [-0.25, -0.2) is 4.68 Å². The van der Waals surface area contributed by atoms with Crippen LogP contribution in [0.2, 0.25) is 0 Å². The molecular formula is C13H17N3. The molecule has 0 unspecified atom stereocenters. The van der Waals surface area contributed by atoms with E-state index in [0.717, 1.165) is 17.9 Å². The lowest BCUT2D eigenvalue weighted by Crippen LogP contribution is -2.06. The van der Waals surface area contributed by atoms with E-state index < -0.39 is 0 Å². The first kappa shape index (κ1) is 10.9. The van der Waals surface area contributed by atoms with Crippen LogP contribution < -0.4 is 5.32 Å². The zero-order valence-corrected chi connectivity index (χ0v) is 9.99. The predicted molar refractivity (Wildman–Crippen MR) is 65.8 cm³/mol. The zero-order chi connectivity index (χ0) is 11.5. The standard InChI is InChI=1S/C13H17N3/c1-10-8-12(9-14-3)4-5-13(10)16-7-6-11(2)15-16/h4-8,14H,9H2,1-3H3. The monoisotopic (exact) mass is 215 g/mol. The molecule has 3 heteroatoms. The van der Waals surface area contributed by atoms with Crippen LogP contribution in [0.5, 0.6) is 0 Å². The minimum absolute atomic E-state index is 0.902. The quantitative estimate of drug-likeness (QED) is 0.850. The van der Waals surface area contributed by atoms with Crippen LogP contribution in [0.1, 0.15) is 16.8 Å². The molecule has 0 saturated heterocycles. The summed E-state index contributed by atoms with van der Waals surface area (Å²) < 4.78 is 1.92. The van der Waals surface area contributed by atoms with Crippen LogP contribution >= 0.6 is 0 Å². The highest BCUT2D eigenvalue weighted by Crippen LogP contribution is 2.15. The van der Waals surface area contributed by atoms with Crippen LogP contribution in [-0.4, -0.2) is 16.8 Å². The van der Waals surface area contributed by atoms with E-state index in [2.05, 4.69) is 35.5 Å². The van der Waals surface area contributed by atoms with Crippen LogP contribution in [-0.2, 0) is 6.54 Å². The van der Waals surface area contributed by atoms with Gasteiger partial charge in [-0.15, -0.1) is 0 Å². The molecule has 2 aromatic rings. The molecule has 1 heterocycles. The normalized spacial score (nSPS) is 10.7. The van der Waals surface area contributed by atoms with E-state index in [1.165, 1.54) is 11.1 Å². The van der Waals surface area contributed by atoms with Gasteiger partial charge in [-0.3, -0.25) is 0 Å². The summed E-state index contributed by atoms with van der Waals surface area (Å²) in [6.07, 6.45) is 2.00. The highest BCUT2D eigenvalue weighted by molar-refractivity contribution is 5.42. The van der Waals surface area contributed by atoms with Gasteiger partial charge in [-0.05, 0) is 44.2 Å². The topological polar surface area (TPSA) is 29.9 Å². The molecule has 0 aliphatic carbocycles. The Morgan fingerprint density at radius 2 is 2.06 bits per heavy atom. The molecule has 3 nitrogen and oxygen atoms in total. The second kappa shape index (κ2) is 4.49. The van der Waals surface area contributed by atoms with Gasteiger partial charge in [0.15, 0.2) is 0 Å². The van der Waals surface area contributed by atoms with Crippen molar-refractivity contribution in [1.82, 2.24) is 15.1 Å². The number of hydrogen-bond donors (Lipinski definition) is 1. The molecule has 2 rings (SSSR count). The fourth-order valence-electron chi connectivity index (χ4n) is 1.84. The van der Waals surface area contributed by atoms with Crippen LogP contribution in [0.4, 0.5) is 0 Å². The van der Waals surface area contributed by atoms with Gasteiger partial charge in [0.1, 0.15) is 0 Å². The van der Waals surface area contributed by atoms with Gasteiger partial charge in [0.05, 0.1) is 11.4 Å². The van der Waals surface area contributed by atoms with Crippen molar-refractivity contribution in [1.29, 1.82) is 0 Å². The Balaban J connectivity index is 2.36. The van der Waals surface area contributed by atoms with E-state index >= 15 is 0 Å². The average Bonchev–Trinajstić information content (AvgIpc) is 2.65. The van der Waals surface area contributed by atoms with Gasteiger partial charge in [-0.1, -0.05) is 12.1 Å². The Bertz CT molecular complexity index is 486. The molecule has 0 amide bonds. The van der Waals surface area contributed by atoms with Gasteiger partial charge in [0.2, 0.25) is 0 Å². The van der Waals surface area contributed by atoms with Crippen molar-refractivity contribution in [3.8, 4) is 5.69 Å². The number of benzene rings is 1. The number of nitrogens with zero attached hydrogens (tertiary/aromatic N) is 2. The Kier molecular flexibility index (Phi) is 3.06. The van der Waals surface area contributed by atoms with Crippen molar-refractivity contribution in [2.45, 2.75) is 20.4 Å². The van der Waals surface area contributed by atoms with E-state index in [-0.39, 0.29) is 0 Å². The van der Waals surface area contributed by atoms with E-state index in [4.69, 9.17) is 0 Å². The van der Waals surface area contributed by atoms with Crippen LogP contribution in [0.3, 0.4) is 0 Å². The highest BCUT2D eigenvalue weighted by Gasteiger charge is 2.03. The summed E-state index contributed by atoms with van der Waals surface area (Å²) in [6.45, 7) is 5.02. The van der Waals surface area contributed by atoms with Crippen molar-refractivity contribution in [2.75, 3.05) is 7.05 Å². The number of rotatable bonds is 3. The van der Waals surface area contributed by atoms with Crippen molar-refractivity contribution >= 4 is 0 Å². The van der Waals surface area contributed by atoms with Crippen molar-refractivity contribution < 1.29 is 0 Å². The number of nitrogens with one attached hydrogen (secondary N) is 1. The minimum atomic E-state index is 0.902. The maximum atomic E-state index is 4.42. The maximum Gasteiger partial charge on any atom is 0.0675 e. The Morgan fingerprint density at radius 1 is 1.25 bits per heavy atom. The van der Waals surface area contributed by atoms with E-state index in [9.17, 15) is 0 Å². The van der Waals surface area contributed by atoms with Gasteiger partial charge >= 0.3 is 0 Å². The van der Waals surface area contributed by atoms with Gasteiger partial charge in [0, 0.05) is 12.7 Å². The van der Waals surface area contributed by atoms with E-state index in [0.29, 0.717) is 0 Å². The van der Waals surface area contributed by atoms with Crippen molar-refractivity contribution in [2.24, 2.45) is 0 Å². The predicted octanol–water partition coefficient (Wildman–Crippen LogP) is 2.21. The average molecular weight is 215 g/mol. The Morgan fingerprint density at radius 3 is 2.62 bits per heavy atom. The van der Waals surface area contributed by atoms with Crippen LogP contribution in [0, 0.1) is 13.8 Å². The summed E-state index contributed by atoms with van der Waals surface area (Å²) in [5.41, 5.74) is 4.73. The molecule has 1 N–H and O–H groups in total. The maximum absolute atomic E-state index is 4.42. The number of aromatic nitrogens is 2. The highest BCUT2D eigenvalue weighted by atomic mass is 15.3. The van der Waals surface area contributed by atoms with Gasteiger partial charge in [-0.2, -0.15) is 5.10 Å². The molecule has 0 fully saturated rings. The zero-order valence-electron chi connectivity index (χ0n) is 9.99. The van der Waals surface area contributed by atoms with Crippen molar-refractivity contribution in [3.63, 3.8) is 0 Å². The molecule has 0 saturated carbocycles. The van der Waals surface area contributed by atoms with Gasteiger partial charge in [0.25, 0.3) is 0 Å². The lowest BCUT2D eigenvalue weighted by atomic mass is 10.1. The molecule has 0 atom stereocenters. The smallest absolute Gasteiger partial charge is 0.0675 e. The molecule has 0 spiro atoms. The van der Waals surface area contributed by atoms with Crippen LogP contribution in [0.25, 0.3) is 5.69 Å². The largest absolute Gasteiger partial charge is 0.316 e. The van der Waals surface area contributed by atoms with Crippen molar-refractivity contribution in [3.05, 3.63) is 47.3 Å². The summed E-state index contributed by atoms with van der Waals surface area (Å²) in [5, 5.41) is 7.57. The van der Waals surface area contributed by atoms with Crippen LogP contribution in [0.15, 0.2) is 30.5 Å². The lowest BCUT2D eigenvalue weighted by Gasteiger charge is -2.08. The summed E-state index contributed by atoms with van der Waals surface area (Å²) >= 11 is 0. The molecular weight excluding hydrogens is 198 g/mol. The summed E-state index contributed by atoms with van der Waals surface area (Å²) in [7, 11) is 1.96. The molecule has 84 valence electrons. The van der Waals surface area contributed by atoms with E-state index in [1.54, 1.807) is 0 Å². The Labute approximate surface area is 96.1 Å². The van der Waals surface area contributed by atoms with E-state index in [1.807, 2.05) is 30.9 Å². The number of aryl methyl sites for hydroxylation is 2. The third-order valence-electron chi connectivity index (χ3n) is 2.61. The molecule has 0 bridgehead atoms. The third kappa shape index (κ3) is 2.14. The molecule has 1 aromatic carbocycles. The minimum Gasteiger partial charge on any atom is -0.316 e. The molecule has 1 aromatic heterocycles. The summed E-state index contributed by atoms with van der Waals surface area (Å²) in [5.74, 6) is 0.